The minimum absolute atomic E-state index is 0.110. The number of ether oxygens (including phenoxy) is 1. The number of rotatable bonds is 4. The monoisotopic (exact) mass is 228 g/mol. The Kier molecular flexibility index (Phi) is 3.97. The van der Waals surface area contributed by atoms with E-state index in [9.17, 15) is 4.79 Å². The first-order valence-electron chi connectivity index (χ1n) is 4.55. The number of carboxylic acids is 1. The number of methoxy groups -OCH3 is 1. The van der Waals surface area contributed by atoms with E-state index >= 15 is 0 Å². The number of hydrogen-bond donors (Lipinski definition) is 1. The summed E-state index contributed by atoms with van der Waals surface area (Å²) in [7, 11) is 1.54. The van der Waals surface area contributed by atoms with Gasteiger partial charge in [0.25, 0.3) is 0 Å². The molecule has 1 unspecified atom stereocenters. The van der Waals surface area contributed by atoms with Crippen LogP contribution in [0.4, 0.5) is 0 Å². The Morgan fingerprint density at radius 1 is 1.60 bits per heavy atom. The minimum Gasteiger partial charge on any atom is -0.496 e. The molecule has 0 aliphatic rings. The predicted molar refractivity (Wildman–Crippen MR) is 58.6 cm³/mol. The van der Waals surface area contributed by atoms with Crippen molar-refractivity contribution in [1.82, 2.24) is 0 Å². The van der Waals surface area contributed by atoms with Gasteiger partial charge in [-0.1, -0.05) is 17.7 Å². The molecule has 1 N–H and O–H groups in total. The first-order valence-corrected chi connectivity index (χ1v) is 4.98. The van der Waals surface area contributed by atoms with Crippen LogP contribution >= 0.6 is 11.6 Å². The topological polar surface area (TPSA) is 46.5 Å². The van der Waals surface area contributed by atoms with Gasteiger partial charge in [0.1, 0.15) is 5.75 Å². The van der Waals surface area contributed by atoms with Crippen molar-refractivity contribution in [2.75, 3.05) is 7.11 Å². The summed E-state index contributed by atoms with van der Waals surface area (Å²) < 4.78 is 5.13. The van der Waals surface area contributed by atoms with Crippen LogP contribution in [-0.4, -0.2) is 18.2 Å². The van der Waals surface area contributed by atoms with Gasteiger partial charge in [-0.2, -0.15) is 0 Å². The molecule has 0 aromatic heterocycles. The molecule has 3 nitrogen and oxygen atoms in total. The summed E-state index contributed by atoms with van der Waals surface area (Å²) in [5.74, 6) is -0.291. The number of alkyl halides is 1. The molecule has 0 aliphatic carbocycles. The summed E-state index contributed by atoms with van der Waals surface area (Å²) >= 11 is 6.00. The molecule has 0 spiro atoms. The summed E-state index contributed by atoms with van der Waals surface area (Å²) in [5.41, 5.74) is 1.75. The first kappa shape index (κ1) is 11.9. The average molecular weight is 229 g/mol. The van der Waals surface area contributed by atoms with E-state index in [1.165, 1.54) is 0 Å². The fraction of sp³-hybridized carbons (Fsp3) is 0.364. The number of carbonyl (C=O) groups is 1. The van der Waals surface area contributed by atoms with Crippen LogP contribution in [0.3, 0.4) is 0 Å². The quantitative estimate of drug-likeness (QED) is 0.806. The van der Waals surface area contributed by atoms with E-state index in [0.29, 0.717) is 5.75 Å². The van der Waals surface area contributed by atoms with Crippen LogP contribution in [0.5, 0.6) is 5.75 Å². The fourth-order valence-electron chi connectivity index (χ4n) is 1.36. The largest absolute Gasteiger partial charge is 0.496 e. The molecule has 15 heavy (non-hydrogen) atoms. The molecule has 0 saturated carbocycles. The van der Waals surface area contributed by atoms with E-state index in [2.05, 4.69) is 0 Å². The van der Waals surface area contributed by atoms with E-state index in [1.807, 2.05) is 19.1 Å². The van der Waals surface area contributed by atoms with Gasteiger partial charge in [-0.15, -0.1) is 11.6 Å². The zero-order chi connectivity index (χ0) is 11.4. The van der Waals surface area contributed by atoms with Crippen LogP contribution in [0.25, 0.3) is 0 Å². The molecule has 0 bridgehead atoms. The standard InChI is InChI=1S/C11H13ClO3/c1-7-3-4-10(15-2)8(5-7)9(12)6-11(13)14/h3-5,9H,6H2,1-2H3,(H,13,14). The average Bonchev–Trinajstić information content (AvgIpc) is 2.16. The highest BCUT2D eigenvalue weighted by Gasteiger charge is 2.16. The molecule has 0 aliphatic heterocycles. The van der Waals surface area contributed by atoms with Gasteiger partial charge in [0.05, 0.1) is 18.9 Å². The Labute approximate surface area is 93.6 Å². The normalized spacial score (nSPS) is 12.2. The molecule has 82 valence electrons. The Morgan fingerprint density at radius 3 is 2.80 bits per heavy atom. The van der Waals surface area contributed by atoms with E-state index < -0.39 is 11.3 Å². The highest BCUT2D eigenvalue weighted by atomic mass is 35.5. The van der Waals surface area contributed by atoms with E-state index in [0.717, 1.165) is 11.1 Å². The Bertz CT molecular complexity index is 363. The van der Waals surface area contributed by atoms with Gasteiger partial charge in [0.2, 0.25) is 0 Å². The lowest BCUT2D eigenvalue weighted by molar-refractivity contribution is -0.137. The smallest absolute Gasteiger partial charge is 0.305 e. The van der Waals surface area contributed by atoms with Gasteiger partial charge >= 0.3 is 5.97 Å². The van der Waals surface area contributed by atoms with Crippen LogP contribution in [0.2, 0.25) is 0 Å². The highest BCUT2D eigenvalue weighted by molar-refractivity contribution is 6.22. The molecule has 1 aromatic rings. The summed E-state index contributed by atoms with van der Waals surface area (Å²) in [5, 5.41) is 8.09. The van der Waals surface area contributed by atoms with Crippen LogP contribution in [0.15, 0.2) is 18.2 Å². The lowest BCUT2D eigenvalue weighted by Crippen LogP contribution is -2.03. The van der Waals surface area contributed by atoms with Gasteiger partial charge in [0.15, 0.2) is 0 Å². The molecule has 1 atom stereocenters. The number of aliphatic carboxylic acids is 1. The molecular formula is C11H13ClO3. The zero-order valence-corrected chi connectivity index (χ0v) is 9.41. The number of benzene rings is 1. The summed E-state index contributed by atoms with van der Waals surface area (Å²) in [4.78, 5) is 10.5. The number of hydrogen-bond acceptors (Lipinski definition) is 2. The van der Waals surface area contributed by atoms with Crippen LogP contribution in [-0.2, 0) is 4.79 Å². The van der Waals surface area contributed by atoms with Crippen molar-refractivity contribution in [3.63, 3.8) is 0 Å². The summed E-state index contributed by atoms with van der Waals surface area (Å²) in [6.07, 6.45) is -0.110. The predicted octanol–water partition coefficient (Wildman–Crippen LogP) is 2.76. The molecule has 0 amide bonds. The van der Waals surface area contributed by atoms with Gasteiger partial charge in [-0.3, -0.25) is 4.79 Å². The van der Waals surface area contributed by atoms with E-state index in [1.54, 1.807) is 13.2 Å². The zero-order valence-electron chi connectivity index (χ0n) is 8.66. The first-order chi connectivity index (χ1) is 7.04. The van der Waals surface area contributed by atoms with Gasteiger partial charge in [0, 0.05) is 5.56 Å². The molecule has 0 radical (unpaired) electrons. The maximum absolute atomic E-state index is 10.5. The van der Waals surface area contributed by atoms with E-state index in [-0.39, 0.29) is 6.42 Å². The molecule has 0 fully saturated rings. The van der Waals surface area contributed by atoms with Crippen molar-refractivity contribution in [2.24, 2.45) is 0 Å². The second-order valence-electron chi connectivity index (χ2n) is 3.31. The lowest BCUT2D eigenvalue weighted by Gasteiger charge is -2.12. The third-order valence-electron chi connectivity index (χ3n) is 2.08. The maximum Gasteiger partial charge on any atom is 0.305 e. The minimum atomic E-state index is -0.918. The summed E-state index contributed by atoms with van der Waals surface area (Å²) in [6.45, 7) is 1.92. The Hall–Kier alpha value is -1.22. The van der Waals surface area contributed by atoms with Gasteiger partial charge < -0.3 is 9.84 Å². The van der Waals surface area contributed by atoms with Crippen LogP contribution in [0.1, 0.15) is 22.9 Å². The van der Waals surface area contributed by atoms with Crippen molar-refractivity contribution in [1.29, 1.82) is 0 Å². The fourth-order valence-corrected chi connectivity index (χ4v) is 1.66. The SMILES string of the molecule is COc1ccc(C)cc1C(Cl)CC(=O)O. The number of carboxylic acid groups (broad SMARTS) is 1. The van der Waals surface area contributed by atoms with Crippen molar-refractivity contribution >= 4 is 17.6 Å². The van der Waals surface area contributed by atoms with Gasteiger partial charge in [-0.05, 0) is 13.0 Å². The Morgan fingerprint density at radius 2 is 2.27 bits per heavy atom. The van der Waals surface area contributed by atoms with E-state index in [4.69, 9.17) is 21.4 Å². The Balaban J connectivity index is 2.99. The number of halogens is 1. The van der Waals surface area contributed by atoms with Crippen molar-refractivity contribution < 1.29 is 14.6 Å². The van der Waals surface area contributed by atoms with Crippen molar-refractivity contribution in [3.05, 3.63) is 29.3 Å². The molecule has 1 rings (SSSR count). The van der Waals surface area contributed by atoms with Crippen LogP contribution < -0.4 is 4.74 Å². The molecular weight excluding hydrogens is 216 g/mol. The third kappa shape index (κ3) is 3.13. The lowest BCUT2D eigenvalue weighted by atomic mass is 10.1. The number of aryl methyl sites for hydroxylation is 1. The second-order valence-corrected chi connectivity index (χ2v) is 3.84. The maximum atomic E-state index is 10.5. The van der Waals surface area contributed by atoms with Crippen molar-refractivity contribution in [3.8, 4) is 5.75 Å². The van der Waals surface area contributed by atoms with Crippen molar-refractivity contribution in [2.45, 2.75) is 18.7 Å². The third-order valence-corrected chi connectivity index (χ3v) is 2.47. The molecule has 0 saturated heterocycles. The molecule has 0 heterocycles. The second kappa shape index (κ2) is 5.03. The highest BCUT2D eigenvalue weighted by Crippen LogP contribution is 2.32. The van der Waals surface area contributed by atoms with Gasteiger partial charge in [-0.25, -0.2) is 0 Å². The molecule has 4 heteroatoms. The summed E-state index contributed by atoms with van der Waals surface area (Å²) in [6, 6.07) is 5.54. The molecule has 1 aromatic carbocycles. The van der Waals surface area contributed by atoms with Crippen LogP contribution in [0, 0.1) is 6.92 Å².